The first-order chi connectivity index (χ1) is 8.24. The first-order valence-corrected chi connectivity index (χ1v) is 5.55. The van der Waals surface area contributed by atoms with Gasteiger partial charge in [-0.1, -0.05) is 30.3 Å². The highest BCUT2D eigenvalue weighted by molar-refractivity contribution is 5.62. The molecule has 1 aromatic rings. The van der Waals surface area contributed by atoms with Gasteiger partial charge in [0.05, 0.1) is 6.61 Å². The van der Waals surface area contributed by atoms with Crippen molar-refractivity contribution in [3.8, 4) is 0 Å². The Morgan fingerprint density at radius 1 is 1.29 bits per heavy atom. The SMILES string of the molecule is NOCCCCN(Cc1ccccc1)C(=O)[O-]. The zero-order chi connectivity index (χ0) is 12.5. The van der Waals surface area contributed by atoms with Gasteiger partial charge in [-0.3, -0.25) is 0 Å². The molecule has 0 aromatic heterocycles. The molecule has 2 N–H and O–H groups in total. The van der Waals surface area contributed by atoms with E-state index in [1.807, 2.05) is 30.3 Å². The monoisotopic (exact) mass is 237 g/mol. The number of carbonyl (C=O) groups excluding carboxylic acids is 1. The number of hydrogen-bond acceptors (Lipinski definition) is 4. The van der Waals surface area contributed by atoms with Crippen LogP contribution in [0.5, 0.6) is 0 Å². The van der Waals surface area contributed by atoms with Crippen LogP contribution in [0, 0.1) is 0 Å². The number of unbranched alkanes of at least 4 members (excludes halogenated alkanes) is 1. The summed E-state index contributed by atoms with van der Waals surface area (Å²) in [6.07, 6.45) is 0.287. The Morgan fingerprint density at radius 2 is 2.00 bits per heavy atom. The number of nitrogens with two attached hydrogens (primary N) is 1. The summed E-state index contributed by atoms with van der Waals surface area (Å²) in [5.74, 6) is 4.89. The van der Waals surface area contributed by atoms with Crippen molar-refractivity contribution in [1.29, 1.82) is 0 Å². The summed E-state index contributed by atoms with van der Waals surface area (Å²) in [5.41, 5.74) is 0.951. The van der Waals surface area contributed by atoms with Gasteiger partial charge in [0.15, 0.2) is 0 Å². The van der Waals surface area contributed by atoms with Crippen molar-refractivity contribution in [3.05, 3.63) is 35.9 Å². The zero-order valence-electron chi connectivity index (χ0n) is 9.67. The summed E-state index contributed by atoms with van der Waals surface area (Å²) in [4.78, 5) is 16.6. The molecular formula is C12H17N2O3-. The molecule has 94 valence electrons. The summed E-state index contributed by atoms with van der Waals surface area (Å²) in [6.45, 7) is 1.22. The van der Waals surface area contributed by atoms with Gasteiger partial charge in [-0.25, -0.2) is 5.90 Å². The van der Waals surface area contributed by atoms with Gasteiger partial charge in [0.1, 0.15) is 6.09 Å². The largest absolute Gasteiger partial charge is 0.530 e. The summed E-state index contributed by atoms with van der Waals surface area (Å²) in [5, 5.41) is 10.9. The molecule has 1 rings (SSSR count). The van der Waals surface area contributed by atoms with Crippen molar-refractivity contribution >= 4 is 6.09 Å². The molecule has 0 fully saturated rings. The molecule has 0 atom stereocenters. The number of rotatable bonds is 7. The fourth-order valence-corrected chi connectivity index (χ4v) is 1.53. The van der Waals surface area contributed by atoms with E-state index in [-0.39, 0.29) is 0 Å². The van der Waals surface area contributed by atoms with E-state index >= 15 is 0 Å². The van der Waals surface area contributed by atoms with Crippen LogP contribution in [0.4, 0.5) is 4.79 Å². The van der Waals surface area contributed by atoms with Gasteiger partial charge in [-0.15, -0.1) is 0 Å². The molecule has 5 heteroatoms. The van der Waals surface area contributed by atoms with E-state index in [0.29, 0.717) is 26.1 Å². The summed E-state index contributed by atoms with van der Waals surface area (Å²) in [7, 11) is 0. The lowest BCUT2D eigenvalue weighted by Gasteiger charge is -2.25. The highest BCUT2D eigenvalue weighted by Gasteiger charge is 2.04. The van der Waals surface area contributed by atoms with Crippen molar-refractivity contribution in [3.63, 3.8) is 0 Å². The van der Waals surface area contributed by atoms with Gasteiger partial charge in [-0.05, 0) is 18.4 Å². The lowest BCUT2D eigenvalue weighted by molar-refractivity contribution is -0.266. The van der Waals surface area contributed by atoms with Gasteiger partial charge < -0.3 is 19.6 Å². The van der Waals surface area contributed by atoms with E-state index in [1.54, 1.807) is 0 Å². The van der Waals surface area contributed by atoms with Crippen LogP contribution in [0.2, 0.25) is 0 Å². The normalized spacial score (nSPS) is 10.2. The van der Waals surface area contributed by atoms with E-state index in [9.17, 15) is 9.90 Å². The van der Waals surface area contributed by atoms with E-state index < -0.39 is 6.09 Å². The van der Waals surface area contributed by atoms with Crippen molar-refractivity contribution in [2.24, 2.45) is 5.90 Å². The van der Waals surface area contributed by atoms with Crippen LogP contribution in [0.3, 0.4) is 0 Å². The van der Waals surface area contributed by atoms with Crippen LogP contribution in [0.1, 0.15) is 18.4 Å². The lowest BCUT2D eigenvalue weighted by Crippen LogP contribution is -2.41. The third kappa shape index (κ3) is 5.33. The van der Waals surface area contributed by atoms with Crippen molar-refractivity contribution < 1.29 is 14.7 Å². The Morgan fingerprint density at radius 3 is 2.59 bits per heavy atom. The summed E-state index contributed by atoms with van der Waals surface area (Å²) >= 11 is 0. The highest BCUT2D eigenvalue weighted by atomic mass is 16.6. The third-order valence-corrected chi connectivity index (χ3v) is 2.41. The molecule has 0 aliphatic heterocycles. The maximum Gasteiger partial charge on any atom is 0.137 e. The minimum Gasteiger partial charge on any atom is -0.530 e. The quantitative estimate of drug-likeness (QED) is 0.553. The smallest absolute Gasteiger partial charge is 0.137 e. The molecule has 0 heterocycles. The first-order valence-electron chi connectivity index (χ1n) is 5.55. The van der Waals surface area contributed by atoms with Crippen LogP contribution in [-0.4, -0.2) is 24.1 Å². The van der Waals surface area contributed by atoms with Crippen molar-refractivity contribution in [2.75, 3.05) is 13.2 Å². The van der Waals surface area contributed by atoms with Gasteiger partial charge >= 0.3 is 0 Å². The van der Waals surface area contributed by atoms with Gasteiger partial charge in [0.2, 0.25) is 0 Å². The topological polar surface area (TPSA) is 78.6 Å². The Kier molecular flexibility index (Phi) is 6.06. The number of nitrogens with zero attached hydrogens (tertiary/aromatic N) is 1. The minimum absolute atomic E-state index is 0.354. The third-order valence-electron chi connectivity index (χ3n) is 2.41. The number of benzene rings is 1. The Balaban J connectivity index is 2.41. The average molecular weight is 237 g/mol. The van der Waals surface area contributed by atoms with Crippen molar-refractivity contribution in [2.45, 2.75) is 19.4 Å². The minimum atomic E-state index is -1.15. The molecule has 5 nitrogen and oxygen atoms in total. The molecular weight excluding hydrogens is 220 g/mol. The van der Waals surface area contributed by atoms with Crippen LogP contribution in [-0.2, 0) is 11.4 Å². The van der Waals surface area contributed by atoms with E-state index in [2.05, 4.69) is 4.84 Å². The van der Waals surface area contributed by atoms with Crippen LogP contribution in [0.25, 0.3) is 0 Å². The fourth-order valence-electron chi connectivity index (χ4n) is 1.53. The predicted octanol–water partition coefficient (Wildman–Crippen LogP) is 0.502. The van der Waals surface area contributed by atoms with Crippen LogP contribution < -0.4 is 11.0 Å². The number of carbonyl (C=O) groups is 1. The average Bonchev–Trinajstić information content (AvgIpc) is 2.34. The number of amides is 1. The molecule has 17 heavy (non-hydrogen) atoms. The molecule has 0 saturated carbocycles. The standard InChI is InChI=1S/C12H18N2O3/c13-17-9-5-4-8-14(12(15)16)10-11-6-2-1-3-7-11/h1-3,6-7H,4-5,8-10,13H2,(H,15,16)/p-1. The molecule has 0 unspecified atom stereocenters. The Labute approximate surface area is 101 Å². The van der Waals surface area contributed by atoms with Crippen LogP contribution in [0.15, 0.2) is 30.3 Å². The Hall–Kier alpha value is -1.59. The summed E-state index contributed by atoms with van der Waals surface area (Å²) < 4.78 is 0. The van der Waals surface area contributed by atoms with E-state index in [1.165, 1.54) is 4.90 Å². The molecule has 1 aromatic carbocycles. The highest BCUT2D eigenvalue weighted by Crippen LogP contribution is 2.05. The molecule has 0 bridgehead atoms. The molecule has 1 amide bonds. The van der Waals surface area contributed by atoms with E-state index in [4.69, 9.17) is 5.90 Å². The fraction of sp³-hybridized carbons (Fsp3) is 0.417. The lowest BCUT2D eigenvalue weighted by atomic mass is 10.2. The first kappa shape index (κ1) is 13.5. The molecule has 0 saturated heterocycles. The molecule has 0 radical (unpaired) electrons. The van der Waals surface area contributed by atoms with Gasteiger partial charge in [0, 0.05) is 13.1 Å². The maximum atomic E-state index is 10.9. The number of carboxylic acid groups (broad SMARTS) is 1. The van der Waals surface area contributed by atoms with E-state index in [0.717, 1.165) is 12.0 Å². The Bertz CT molecular complexity index is 330. The second-order valence-corrected chi connectivity index (χ2v) is 3.75. The van der Waals surface area contributed by atoms with Gasteiger partial charge in [0.25, 0.3) is 0 Å². The van der Waals surface area contributed by atoms with Crippen LogP contribution >= 0.6 is 0 Å². The predicted molar refractivity (Wildman–Crippen MR) is 61.6 cm³/mol. The maximum absolute atomic E-state index is 10.9. The zero-order valence-corrected chi connectivity index (χ0v) is 9.67. The molecule has 0 spiro atoms. The summed E-state index contributed by atoms with van der Waals surface area (Å²) in [6, 6.07) is 9.43. The molecule has 0 aliphatic carbocycles. The molecule has 0 aliphatic rings. The van der Waals surface area contributed by atoms with Gasteiger partial charge in [-0.2, -0.15) is 0 Å². The number of hydrogen-bond donors (Lipinski definition) is 1. The van der Waals surface area contributed by atoms with Crippen molar-refractivity contribution in [1.82, 2.24) is 4.90 Å². The second kappa shape index (κ2) is 7.65. The second-order valence-electron chi connectivity index (χ2n) is 3.75.